The molecule has 1 heterocycles. The minimum atomic E-state index is -1.07. The largest absolute Gasteiger partial charge is 0.497 e. The van der Waals surface area contributed by atoms with Crippen LogP contribution in [-0.2, 0) is 4.79 Å². The van der Waals surface area contributed by atoms with E-state index in [1.807, 2.05) is 0 Å². The molecule has 0 bridgehead atoms. The average Bonchev–Trinajstić information content (AvgIpc) is 2.55. The molecule has 0 fully saturated rings. The van der Waals surface area contributed by atoms with E-state index in [0.717, 1.165) is 5.56 Å². The number of anilines is 1. The second kappa shape index (κ2) is 5.84. The molecular weight excluding hydrogens is 298 g/mol. The molecule has 2 aromatic rings. The number of methoxy groups -OCH3 is 1. The first-order valence-electron chi connectivity index (χ1n) is 6.79. The number of carboxylic acid groups (broad SMARTS) is 1. The number of carbonyl (C=O) groups is 2. The van der Waals surface area contributed by atoms with Crippen LogP contribution in [0.3, 0.4) is 0 Å². The molecule has 6 heteroatoms. The summed E-state index contributed by atoms with van der Waals surface area (Å²) in [5, 5.41) is 11.6. The van der Waals surface area contributed by atoms with Crippen LogP contribution in [0.1, 0.15) is 15.9 Å². The molecule has 0 atom stereocenters. The highest BCUT2D eigenvalue weighted by Gasteiger charge is 2.23. The van der Waals surface area contributed by atoms with E-state index in [0.29, 0.717) is 17.2 Å². The van der Waals surface area contributed by atoms with Gasteiger partial charge in [0.05, 0.1) is 18.4 Å². The van der Waals surface area contributed by atoms with Crippen molar-refractivity contribution in [2.75, 3.05) is 12.4 Å². The van der Waals surface area contributed by atoms with Gasteiger partial charge in [-0.3, -0.25) is 4.79 Å². The molecule has 1 amide bonds. The number of amides is 1. The summed E-state index contributed by atoms with van der Waals surface area (Å²) in [5.41, 5.74) is 1.19. The van der Waals surface area contributed by atoms with E-state index in [4.69, 9.17) is 14.6 Å². The van der Waals surface area contributed by atoms with Crippen LogP contribution in [0, 0.1) is 0 Å². The molecular formula is C17H13NO5. The van der Waals surface area contributed by atoms with Crippen molar-refractivity contribution < 1.29 is 24.2 Å². The number of rotatable bonds is 3. The van der Waals surface area contributed by atoms with Gasteiger partial charge in [0.1, 0.15) is 5.75 Å². The molecule has 1 aliphatic heterocycles. The van der Waals surface area contributed by atoms with Crippen LogP contribution >= 0.6 is 0 Å². The summed E-state index contributed by atoms with van der Waals surface area (Å²) < 4.78 is 10.6. The lowest BCUT2D eigenvalue weighted by atomic mass is 10.1. The quantitative estimate of drug-likeness (QED) is 0.851. The van der Waals surface area contributed by atoms with Gasteiger partial charge in [-0.2, -0.15) is 0 Å². The molecule has 3 rings (SSSR count). The van der Waals surface area contributed by atoms with E-state index in [1.54, 1.807) is 37.5 Å². The number of benzene rings is 2. The highest BCUT2D eigenvalue weighted by atomic mass is 16.5. The fourth-order valence-corrected chi connectivity index (χ4v) is 2.14. The Morgan fingerprint density at radius 3 is 2.61 bits per heavy atom. The second-order valence-corrected chi connectivity index (χ2v) is 4.85. The van der Waals surface area contributed by atoms with E-state index < -0.39 is 11.9 Å². The van der Waals surface area contributed by atoms with Gasteiger partial charge in [0.25, 0.3) is 5.91 Å². The van der Waals surface area contributed by atoms with Gasteiger partial charge in [-0.15, -0.1) is 0 Å². The van der Waals surface area contributed by atoms with Crippen molar-refractivity contribution in [2.24, 2.45) is 0 Å². The molecule has 0 saturated heterocycles. The van der Waals surface area contributed by atoms with Crippen LogP contribution in [-0.4, -0.2) is 24.1 Å². The third-order valence-electron chi connectivity index (χ3n) is 3.33. The lowest BCUT2D eigenvalue weighted by Gasteiger charge is -2.20. The van der Waals surface area contributed by atoms with Crippen LogP contribution in [0.4, 0.5) is 5.69 Å². The molecule has 116 valence electrons. The Morgan fingerprint density at radius 1 is 1.22 bits per heavy atom. The van der Waals surface area contributed by atoms with Gasteiger partial charge in [-0.25, -0.2) is 4.79 Å². The predicted octanol–water partition coefficient (Wildman–Crippen LogP) is 2.77. The molecule has 0 spiro atoms. The van der Waals surface area contributed by atoms with Crippen molar-refractivity contribution in [1.82, 2.24) is 0 Å². The number of carboxylic acids is 1. The fourth-order valence-electron chi connectivity index (χ4n) is 2.14. The summed E-state index contributed by atoms with van der Waals surface area (Å²) in [6, 6.07) is 11.4. The number of hydrogen-bond acceptors (Lipinski definition) is 4. The van der Waals surface area contributed by atoms with E-state index in [-0.39, 0.29) is 11.3 Å². The van der Waals surface area contributed by atoms with Gasteiger partial charge in [0.15, 0.2) is 11.5 Å². The zero-order chi connectivity index (χ0) is 16.4. The minimum Gasteiger partial charge on any atom is -0.497 e. The monoisotopic (exact) mass is 311 g/mol. The molecule has 2 N–H and O–H groups in total. The first-order chi connectivity index (χ1) is 11.1. The summed E-state index contributed by atoms with van der Waals surface area (Å²) in [7, 11) is 1.58. The Kier molecular flexibility index (Phi) is 3.72. The first kappa shape index (κ1) is 14.6. The number of fused-ring (bicyclic) bond motifs is 1. The molecule has 6 nitrogen and oxygen atoms in total. The van der Waals surface area contributed by atoms with Crippen LogP contribution in [0.5, 0.6) is 11.5 Å². The molecule has 0 aromatic heterocycles. The van der Waals surface area contributed by atoms with Crippen molar-refractivity contribution in [3.63, 3.8) is 0 Å². The second-order valence-electron chi connectivity index (χ2n) is 4.85. The van der Waals surface area contributed by atoms with Crippen molar-refractivity contribution >= 4 is 23.6 Å². The Hall–Kier alpha value is -3.28. The van der Waals surface area contributed by atoms with Crippen LogP contribution in [0.25, 0.3) is 6.08 Å². The smallest absolute Gasteiger partial charge is 0.335 e. The lowest BCUT2D eigenvalue weighted by molar-refractivity contribution is -0.115. The zero-order valence-electron chi connectivity index (χ0n) is 12.2. The normalized spacial score (nSPS) is 14.7. The Morgan fingerprint density at radius 2 is 1.96 bits per heavy atom. The summed E-state index contributed by atoms with van der Waals surface area (Å²) in [4.78, 5) is 23.0. The van der Waals surface area contributed by atoms with E-state index in [1.165, 1.54) is 18.2 Å². The molecule has 0 unspecified atom stereocenters. The number of ether oxygens (including phenoxy) is 2. The summed E-state index contributed by atoms with van der Waals surface area (Å²) in [6.45, 7) is 0. The molecule has 2 aromatic carbocycles. The van der Waals surface area contributed by atoms with Crippen LogP contribution in [0.2, 0.25) is 0 Å². The predicted molar refractivity (Wildman–Crippen MR) is 83.6 cm³/mol. The average molecular weight is 311 g/mol. The molecule has 0 aliphatic carbocycles. The molecule has 1 aliphatic rings. The third kappa shape index (κ3) is 3.01. The topological polar surface area (TPSA) is 84.9 Å². The maximum absolute atomic E-state index is 12.1. The fraction of sp³-hybridized carbons (Fsp3) is 0.0588. The van der Waals surface area contributed by atoms with Gasteiger partial charge in [0, 0.05) is 0 Å². The minimum absolute atomic E-state index is 0.0789. The zero-order valence-corrected chi connectivity index (χ0v) is 12.2. The van der Waals surface area contributed by atoms with Gasteiger partial charge in [-0.05, 0) is 42.0 Å². The Balaban J connectivity index is 1.89. The van der Waals surface area contributed by atoms with Crippen molar-refractivity contribution in [1.29, 1.82) is 0 Å². The SMILES string of the molecule is COc1ccc(/C=C2/Oc3ccc(C(=O)O)cc3NC2=O)cc1. The van der Waals surface area contributed by atoms with Crippen LogP contribution < -0.4 is 14.8 Å². The number of aromatic carboxylic acids is 1. The van der Waals surface area contributed by atoms with Gasteiger partial charge < -0.3 is 19.9 Å². The first-order valence-corrected chi connectivity index (χ1v) is 6.79. The van der Waals surface area contributed by atoms with E-state index in [9.17, 15) is 9.59 Å². The highest BCUT2D eigenvalue weighted by molar-refractivity contribution is 6.08. The highest BCUT2D eigenvalue weighted by Crippen LogP contribution is 2.32. The van der Waals surface area contributed by atoms with E-state index in [2.05, 4.69) is 5.32 Å². The van der Waals surface area contributed by atoms with Crippen molar-refractivity contribution in [2.45, 2.75) is 0 Å². The van der Waals surface area contributed by atoms with Gasteiger partial charge in [0.2, 0.25) is 0 Å². The number of nitrogens with one attached hydrogen (secondary N) is 1. The Bertz CT molecular complexity index is 808. The summed E-state index contributed by atoms with van der Waals surface area (Å²) in [6.07, 6.45) is 1.60. The maximum atomic E-state index is 12.1. The number of carbonyl (C=O) groups excluding carboxylic acids is 1. The van der Waals surface area contributed by atoms with Crippen LogP contribution in [0.15, 0.2) is 48.2 Å². The third-order valence-corrected chi connectivity index (χ3v) is 3.33. The van der Waals surface area contributed by atoms with Gasteiger partial charge >= 0.3 is 5.97 Å². The lowest BCUT2D eigenvalue weighted by Crippen LogP contribution is -2.23. The summed E-state index contributed by atoms with van der Waals surface area (Å²) in [5.74, 6) is -0.259. The summed E-state index contributed by atoms with van der Waals surface area (Å²) >= 11 is 0. The number of hydrogen-bond donors (Lipinski definition) is 2. The molecule has 0 saturated carbocycles. The van der Waals surface area contributed by atoms with Crippen molar-refractivity contribution in [3.8, 4) is 11.5 Å². The molecule has 23 heavy (non-hydrogen) atoms. The van der Waals surface area contributed by atoms with Gasteiger partial charge in [-0.1, -0.05) is 12.1 Å². The van der Waals surface area contributed by atoms with E-state index >= 15 is 0 Å². The maximum Gasteiger partial charge on any atom is 0.335 e. The van der Waals surface area contributed by atoms with Crippen molar-refractivity contribution in [3.05, 3.63) is 59.4 Å². The molecule has 0 radical (unpaired) electrons. The standard InChI is InChI=1S/C17H13NO5/c1-22-12-5-2-10(3-6-12)8-15-16(19)18-13-9-11(17(20)21)4-7-14(13)23-15/h2-9H,1H3,(H,18,19)(H,20,21)/b15-8+. The Labute approximate surface area is 132 Å².